The van der Waals surface area contributed by atoms with Crippen molar-refractivity contribution in [1.82, 2.24) is 19.1 Å². The second-order valence-electron chi connectivity index (χ2n) is 3.48. The maximum Gasteiger partial charge on any atom is 0.332 e. The van der Waals surface area contributed by atoms with Crippen molar-refractivity contribution in [2.45, 2.75) is 5.16 Å². The highest BCUT2D eigenvalue weighted by Gasteiger charge is 2.13. The molecule has 0 fully saturated rings. The first-order valence-electron chi connectivity index (χ1n) is 4.90. The zero-order chi connectivity index (χ0) is 12.6. The molecular formula is C9H11ClN4O2S. The molecule has 6 nitrogen and oxygen atoms in total. The quantitative estimate of drug-likeness (QED) is 0.645. The number of H-pyrrole nitrogens is 1. The van der Waals surface area contributed by atoms with Gasteiger partial charge < -0.3 is 4.98 Å². The highest BCUT2D eigenvalue weighted by molar-refractivity contribution is 7.99. The lowest BCUT2D eigenvalue weighted by molar-refractivity contribution is 0.708. The summed E-state index contributed by atoms with van der Waals surface area (Å²) in [5.41, 5.74) is -0.0435. The van der Waals surface area contributed by atoms with Gasteiger partial charge in [-0.05, 0) is 0 Å². The molecule has 2 aromatic heterocycles. The van der Waals surface area contributed by atoms with Crippen molar-refractivity contribution in [3.63, 3.8) is 0 Å². The second kappa shape index (κ2) is 4.58. The molecule has 0 bridgehead atoms. The van der Waals surface area contributed by atoms with Crippen molar-refractivity contribution < 1.29 is 0 Å². The van der Waals surface area contributed by atoms with Crippen molar-refractivity contribution in [3.8, 4) is 0 Å². The van der Waals surface area contributed by atoms with E-state index in [0.717, 1.165) is 4.57 Å². The van der Waals surface area contributed by atoms with E-state index in [4.69, 9.17) is 11.6 Å². The Morgan fingerprint density at radius 3 is 2.71 bits per heavy atom. The SMILES string of the molecule is Cn1c(=O)c2[nH]c(SCCCl)nc2n(C)c1=O. The predicted molar refractivity (Wildman–Crippen MR) is 68.0 cm³/mol. The maximum absolute atomic E-state index is 11.8. The molecule has 0 aromatic carbocycles. The highest BCUT2D eigenvalue weighted by Crippen LogP contribution is 2.16. The molecule has 0 saturated heterocycles. The molecule has 0 atom stereocenters. The van der Waals surface area contributed by atoms with Crippen LogP contribution in [0.5, 0.6) is 0 Å². The van der Waals surface area contributed by atoms with Gasteiger partial charge in [0.2, 0.25) is 0 Å². The van der Waals surface area contributed by atoms with Crippen molar-refractivity contribution in [1.29, 1.82) is 0 Å². The van der Waals surface area contributed by atoms with Gasteiger partial charge >= 0.3 is 5.69 Å². The minimum Gasteiger partial charge on any atom is -0.327 e. The lowest BCUT2D eigenvalue weighted by Gasteiger charge is -2.00. The Hall–Kier alpha value is -1.21. The molecular weight excluding hydrogens is 264 g/mol. The standard InChI is InChI=1S/C9H11ClN4O2S/c1-13-6-5(7(15)14(2)9(13)16)11-8(12-6)17-4-3-10/h3-4H2,1-2H3,(H,11,12). The first kappa shape index (κ1) is 12.3. The number of imidazole rings is 1. The number of aromatic amines is 1. The van der Waals surface area contributed by atoms with E-state index in [0.29, 0.717) is 28.0 Å². The average Bonchev–Trinajstić information content (AvgIpc) is 2.75. The number of nitrogens with one attached hydrogen (secondary N) is 1. The molecule has 0 amide bonds. The summed E-state index contributed by atoms with van der Waals surface area (Å²) in [5.74, 6) is 1.19. The first-order valence-corrected chi connectivity index (χ1v) is 6.42. The molecule has 17 heavy (non-hydrogen) atoms. The Morgan fingerprint density at radius 1 is 1.35 bits per heavy atom. The van der Waals surface area contributed by atoms with E-state index in [1.807, 2.05) is 0 Å². The van der Waals surface area contributed by atoms with Crippen LogP contribution in [0.15, 0.2) is 14.7 Å². The number of hydrogen-bond donors (Lipinski definition) is 1. The van der Waals surface area contributed by atoms with Crippen molar-refractivity contribution >= 4 is 34.5 Å². The van der Waals surface area contributed by atoms with Crippen LogP contribution in [-0.4, -0.2) is 30.7 Å². The van der Waals surface area contributed by atoms with Gasteiger partial charge in [-0.2, -0.15) is 0 Å². The number of rotatable bonds is 3. The van der Waals surface area contributed by atoms with Crippen LogP contribution in [0.1, 0.15) is 0 Å². The minimum absolute atomic E-state index is 0.340. The number of thioether (sulfide) groups is 1. The van der Waals surface area contributed by atoms with Crippen LogP contribution < -0.4 is 11.2 Å². The number of halogens is 1. The van der Waals surface area contributed by atoms with Gasteiger partial charge in [0.05, 0.1) is 0 Å². The molecule has 0 unspecified atom stereocenters. The lowest BCUT2D eigenvalue weighted by atomic mass is 10.5. The zero-order valence-corrected chi connectivity index (χ0v) is 10.9. The Morgan fingerprint density at radius 2 is 2.06 bits per heavy atom. The number of aryl methyl sites for hydroxylation is 1. The summed E-state index contributed by atoms with van der Waals surface area (Å²) >= 11 is 6.99. The summed E-state index contributed by atoms with van der Waals surface area (Å²) in [7, 11) is 3.03. The molecule has 2 heterocycles. The van der Waals surface area contributed by atoms with Gasteiger partial charge in [0.25, 0.3) is 5.56 Å². The normalized spacial score (nSPS) is 11.2. The van der Waals surface area contributed by atoms with Crippen LogP contribution in [0, 0.1) is 0 Å². The third kappa shape index (κ3) is 2.00. The molecule has 0 aliphatic heterocycles. The van der Waals surface area contributed by atoms with Crippen LogP contribution in [0.2, 0.25) is 0 Å². The van der Waals surface area contributed by atoms with E-state index < -0.39 is 0 Å². The van der Waals surface area contributed by atoms with Gasteiger partial charge in [-0.25, -0.2) is 9.78 Å². The van der Waals surface area contributed by atoms with Crippen LogP contribution in [-0.2, 0) is 14.1 Å². The van der Waals surface area contributed by atoms with E-state index in [1.165, 1.54) is 23.4 Å². The molecule has 0 aliphatic rings. The summed E-state index contributed by atoms with van der Waals surface area (Å²) in [6.07, 6.45) is 0. The Kier molecular flexibility index (Phi) is 3.30. The van der Waals surface area contributed by atoms with E-state index >= 15 is 0 Å². The predicted octanol–water partition coefficient (Wildman–Crippen LogP) is 0.291. The molecule has 8 heteroatoms. The number of alkyl halides is 1. The molecule has 0 spiro atoms. The number of hydrogen-bond acceptors (Lipinski definition) is 4. The largest absolute Gasteiger partial charge is 0.332 e. The topological polar surface area (TPSA) is 72.7 Å². The molecule has 0 radical (unpaired) electrons. The zero-order valence-electron chi connectivity index (χ0n) is 9.36. The van der Waals surface area contributed by atoms with Crippen LogP contribution in [0.3, 0.4) is 0 Å². The minimum atomic E-state index is -0.386. The molecule has 2 aromatic rings. The molecule has 2 rings (SSSR count). The number of aromatic nitrogens is 4. The Bertz CT molecular complexity index is 672. The van der Waals surface area contributed by atoms with E-state index in [-0.39, 0.29) is 11.2 Å². The summed E-state index contributed by atoms with van der Waals surface area (Å²) in [4.78, 5) is 30.6. The number of nitrogens with zero attached hydrogens (tertiary/aromatic N) is 3. The fraction of sp³-hybridized carbons (Fsp3) is 0.444. The van der Waals surface area contributed by atoms with E-state index in [2.05, 4.69) is 9.97 Å². The molecule has 92 valence electrons. The van der Waals surface area contributed by atoms with E-state index in [1.54, 1.807) is 7.05 Å². The summed E-state index contributed by atoms with van der Waals surface area (Å²) < 4.78 is 2.40. The highest BCUT2D eigenvalue weighted by atomic mass is 35.5. The van der Waals surface area contributed by atoms with Crippen LogP contribution in [0.25, 0.3) is 11.2 Å². The fourth-order valence-electron chi connectivity index (χ4n) is 1.51. The third-order valence-corrected chi connectivity index (χ3v) is 3.68. The third-order valence-electron chi connectivity index (χ3n) is 2.39. The van der Waals surface area contributed by atoms with Crippen molar-refractivity contribution in [2.24, 2.45) is 14.1 Å². The maximum atomic E-state index is 11.8. The lowest BCUT2D eigenvalue weighted by Crippen LogP contribution is -2.36. The van der Waals surface area contributed by atoms with Gasteiger partial charge in [0, 0.05) is 25.7 Å². The summed E-state index contributed by atoms with van der Waals surface area (Å²) in [6, 6.07) is 0. The van der Waals surface area contributed by atoms with Gasteiger partial charge in [-0.1, -0.05) is 11.8 Å². The summed E-state index contributed by atoms with van der Waals surface area (Å²) in [5, 5.41) is 0.596. The second-order valence-corrected chi connectivity index (χ2v) is 4.95. The van der Waals surface area contributed by atoms with Gasteiger partial charge in [0.15, 0.2) is 16.3 Å². The fourth-order valence-corrected chi connectivity index (χ4v) is 2.34. The summed E-state index contributed by atoms with van der Waals surface area (Å²) in [6.45, 7) is 0. The Labute approximate surface area is 106 Å². The van der Waals surface area contributed by atoms with E-state index in [9.17, 15) is 9.59 Å². The van der Waals surface area contributed by atoms with Gasteiger partial charge in [-0.15, -0.1) is 11.6 Å². The van der Waals surface area contributed by atoms with Crippen molar-refractivity contribution in [2.75, 3.05) is 11.6 Å². The van der Waals surface area contributed by atoms with Crippen LogP contribution >= 0.6 is 23.4 Å². The molecule has 0 saturated carbocycles. The van der Waals surface area contributed by atoms with Crippen LogP contribution in [0.4, 0.5) is 0 Å². The molecule has 1 N–H and O–H groups in total. The first-order chi connectivity index (χ1) is 8.06. The molecule has 0 aliphatic carbocycles. The Balaban J connectivity index is 2.69. The number of fused-ring (bicyclic) bond motifs is 1. The van der Waals surface area contributed by atoms with Gasteiger partial charge in [0.1, 0.15) is 0 Å². The van der Waals surface area contributed by atoms with Gasteiger partial charge in [-0.3, -0.25) is 13.9 Å². The average molecular weight is 275 g/mol. The monoisotopic (exact) mass is 274 g/mol. The smallest absolute Gasteiger partial charge is 0.327 e. The van der Waals surface area contributed by atoms with Crippen molar-refractivity contribution in [3.05, 3.63) is 20.8 Å².